The number of anilines is 1. The lowest BCUT2D eigenvalue weighted by atomic mass is 10.0. The molecule has 0 radical (unpaired) electrons. The first kappa shape index (κ1) is 23.8. The van der Waals surface area contributed by atoms with Crippen molar-refractivity contribution in [3.05, 3.63) is 111 Å². The standard InChI is InChI=1S/C25H18ClF3N2O2S/c26-18-10-11-21(25(27,28)29)17(12-18)13-19-14-30-24(34-19)31-23(32)20-8-4-5-9-22(20)33-15-16-6-2-1-3-7-16/h1-12,14H,13,15H2,(H,30,31,32). The summed E-state index contributed by atoms with van der Waals surface area (Å²) in [5, 5.41) is 3.19. The molecule has 9 heteroatoms. The molecule has 0 aliphatic rings. The third-order valence-electron chi connectivity index (χ3n) is 4.88. The molecule has 0 bridgehead atoms. The van der Waals surface area contributed by atoms with Crippen molar-refractivity contribution in [3.63, 3.8) is 0 Å². The highest BCUT2D eigenvalue weighted by molar-refractivity contribution is 7.15. The Morgan fingerprint density at radius 3 is 2.53 bits per heavy atom. The van der Waals surface area contributed by atoms with Crippen LogP contribution in [-0.4, -0.2) is 10.9 Å². The molecule has 1 N–H and O–H groups in total. The minimum Gasteiger partial charge on any atom is -0.488 e. The molecule has 1 aromatic heterocycles. The maximum atomic E-state index is 13.3. The third-order valence-corrected chi connectivity index (χ3v) is 6.03. The fraction of sp³-hybridized carbons (Fsp3) is 0.120. The molecule has 0 saturated carbocycles. The van der Waals surface area contributed by atoms with Crippen LogP contribution in [-0.2, 0) is 19.2 Å². The van der Waals surface area contributed by atoms with Gasteiger partial charge in [-0.2, -0.15) is 13.2 Å². The highest BCUT2D eigenvalue weighted by atomic mass is 35.5. The van der Waals surface area contributed by atoms with E-state index in [0.717, 1.165) is 23.0 Å². The van der Waals surface area contributed by atoms with Crippen molar-refractivity contribution < 1.29 is 22.7 Å². The van der Waals surface area contributed by atoms with Gasteiger partial charge in [0, 0.05) is 22.5 Å². The summed E-state index contributed by atoms with van der Waals surface area (Å²) in [5.41, 5.74) is 0.576. The summed E-state index contributed by atoms with van der Waals surface area (Å²) >= 11 is 7.00. The van der Waals surface area contributed by atoms with Gasteiger partial charge in [-0.15, -0.1) is 11.3 Å². The largest absolute Gasteiger partial charge is 0.488 e. The van der Waals surface area contributed by atoms with Crippen LogP contribution in [0.4, 0.5) is 18.3 Å². The summed E-state index contributed by atoms with van der Waals surface area (Å²) in [7, 11) is 0. The van der Waals surface area contributed by atoms with Crippen molar-refractivity contribution in [2.24, 2.45) is 0 Å². The van der Waals surface area contributed by atoms with Crippen molar-refractivity contribution in [2.75, 3.05) is 5.32 Å². The van der Waals surface area contributed by atoms with Gasteiger partial charge in [-0.05, 0) is 41.5 Å². The van der Waals surface area contributed by atoms with E-state index in [1.54, 1.807) is 24.3 Å². The number of nitrogens with one attached hydrogen (secondary N) is 1. The summed E-state index contributed by atoms with van der Waals surface area (Å²) in [6.07, 6.45) is -3.07. The van der Waals surface area contributed by atoms with E-state index in [9.17, 15) is 18.0 Å². The Morgan fingerprint density at radius 1 is 1.03 bits per heavy atom. The zero-order chi connectivity index (χ0) is 24.1. The Kier molecular flexibility index (Phi) is 7.19. The van der Waals surface area contributed by atoms with Gasteiger partial charge >= 0.3 is 6.18 Å². The first-order valence-electron chi connectivity index (χ1n) is 10.2. The van der Waals surface area contributed by atoms with E-state index in [2.05, 4.69) is 10.3 Å². The van der Waals surface area contributed by atoms with Crippen LogP contribution in [0.15, 0.2) is 79.0 Å². The Morgan fingerprint density at radius 2 is 1.76 bits per heavy atom. The molecule has 4 aromatic rings. The Hall–Kier alpha value is -3.36. The molecule has 1 heterocycles. The second kappa shape index (κ2) is 10.3. The minimum atomic E-state index is -4.49. The van der Waals surface area contributed by atoms with Crippen LogP contribution in [0.1, 0.15) is 31.9 Å². The number of halogens is 4. The number of hydrogen-bond donors (Lipinski definition) is 1. The van der Waals surface area contributed by atoms with Crippen molar-refractivity contribution >= 4 is 34.0 Å². The highest BCUT2D eigenvalue weighted by Gasteiger charge is 2.33. The molecule has 174 valence electrons. The van der Waals surface area contributed by atoms with Crippen LogP contribution >= 0.6 is 22.9 Å². The molecular weight excluding hydrogens is 485 g/mol. The summed E-state index contributed by atoms with van der Waals surface area (Å²) in [4.78, 5) is 17.6. The van der Waals surface area contributed by atoms with Gasteiger partial charge < -0.3 is 4.74 Å². The summed E-state index contributed by atoms with van der Waals surface area (Å²) in [6, 6.07) is 19.8. The second-order valence-corrected chi connectivity index (χ2v) is 8.88. The van der Waals surface area contributed by atoms with E-state index in [0.29, 0.717) is 22.8 Å². The lowest BCUT2D eigenvalue weighted by molar-refractivity contribution is -0.138. The number of hydrogen-bond acceptors (Lipinski definition) is 4. The Bertz CT molecular complexity index is 1290. The summed E-state index contributed by atoms with van der Waals surface area (Å²) in [6.45, 7) is 0.299. The number of carbonyl (C=O) groups excluding carboxylic acids is 1. The fourth-order valence-corrected chi connectivity index (χ4v) is 4.32. The van der Waals surface area contributed by atoms with Crippen LogP contribution in [0, 0.1) is 0 Å². The third kappa shape index (κ3) is 5.95. The van der Waals surface area contributed by atoms with Crippen LogP contribution in [0.25, 0.3) is 0 Å². The molecule has 4 nitrogen and oxygen atoms in total. The number of thiazole rings is 1. The van der Waals surface area contributed by atoms with E-state index in [4.69, 9.17) is 16.3 Å². The van der Waals surface area contributed by atoms with E-state index in [1.165, 1.54) is 18.3 Å². The Balaban J connectivity index is 1.46. The number of aromatic nitrogens is 1. The molecule has 3 aromatic carbocycles. The van der Waals surface area contributed by atoms with Gasteiger partial charge in [0.15, 0.2) is 5.13 Å². The van der Waals surface area contributed by atoms with E-state index in [1.807, 2.05) is 30.3 Å². The number of para-hydroxylation sites is 1. The average Bonchev–Trinajstić information content (AvgIpc) is 3.24. The van der Waals surface area contributed by atoms with Crippen molar-refractivity contribution in [2.45, 2.75) is 19.2 Å². The zero-order valence-electron chi connectivity index (χ0n) is 17.6. The van der Waals surface area contributed by atoms with Gasteiger partial charge in [0.25, 0.3) is 5.91 Å². The van der Waals surface area contributed by atoms with Gasteiger partial charge in [-0.1, -0.05) is 54.1 Å². The van der Waals surface area contributed by atoms with Gasteiger partial charge in [0.2, 0.25) is 0 Å². The van der Waals surface area contributed by atoms with Crippen molar-refractivity contribution in [3.8, 4) is 5.75 Å². The first-order chi connectivity index (χ1) is 16.3. The highest BCUT2D eigenvalue weighted by Crippen LogP contribution is 2.35. The van der Waals surface area contributed by atoms with E-state index < -0.39 is 17.6 Å². The first-order valence-corrected chi connectivity index (χ1v) is 11.4. The van der Waals surface area contributed by atoms with Crippen LogP contribution in [0.2, 0.25) is 5.02 Å². The lowest BCUT2D eigenvalue weighted by Crippen LogP contribution is -2.13. The van der Waals surface area contributed by atoms with Gasteiger partial charge in [-0.25, -0.2) is 4.98 Å². The molecule has 0 spiro atoms. The second-order valence-electron chi connectivity index (χ2n) is 7.33. The predicted octanol–water partition coefficient (Wildman–Crippen LogP) is 7.24. The number of nitrogens with zero attached hydrogens (tertiary/aromatic N) is 1. The van der Waals surface area contributed by atoms with Gasteiger partial charge in [0.1, 0.15) is 12.4 Å². The topological polar surface area (TPSA) is 51.2 Å². The van der Waals surface area contributed by atoms with Crippen LogP contribution < -0.4 is 10.1 Å². The molecule has 0 fully saturated rings. The van der Waals surface area contributed by atoms with E-state index >= 15 is 0 Å². The molecular formula is C25H18ClF3N2O2S. The number of carbonyl (C=O) groups is 1. The maximum Gasteiger partial charge on any atom is 0.416 e. The molecule has 34 heavy (non-hydrogen) atoms. The Labute approximate surface area is 203 Å². The average molecular weight is 503 g/mol. The maximum absolute atomic E-state index is 13.3. The molecule has 0 unspecified atom stereocenters. The number of rotatable bonds is 7. The molecule has 1 amide bonds. The SMILES string of the molecule is O=C(Nc1ncc(Cc2cc(Cl)ccc2C(F)(F)F)s1)c1ccccc1OCc1ccccc1. The zero-order valence-corrected chi connectivity index (χ0v) is 19.2. The predicted molar refractivity (Wildman–Crippen MR) is 127 cm³/mol. The quantitative estimate of drug-likeness (QED) is 0.290. The van der Waals surface area contributed by atoms with Gasteiger partial charge in [-0.3, -0.25) is 10.1 Å². The number of benzene rings is 3. The molecule has 0 saturated heterocycles. The van der Waals surface area contributed by atoms with Crippen molar-refractivity contribution in [1.82, 2.24) is 4.98 Å². The summed E-state index contributed by atoms with van der Waals surface area (Å²) in [5.74, 6) is -0.0160. The fourth-order valence-electron chi connectivity index (χ4n) is 3.30. The summed E-state index contributed by atoms with van der Waals surface area (Å²) < 4.78 is 45.8. The normalized spacial score (nSPS) is 11.3. The van der Waals surface area contributed by atoms with Crippen molar-refractivity contribution in [1.29, 1.82) is 0 Å². The molecule has 0 aliphatic carbocycles. The number of amides is 1. The molecule has 0 atom stereocenters. The minimum absolute atomic E-state index is 0.0142. The van der Waals surface area contributed by atoms with Gasteiger partial charge in [0.05, 0.1) is 11.1 Å². The van der Waals surface area contributed by atoms with E-state index in [-0.39, 0.29) is 22.1 Å². The lowest BCUT2D eigenvalue weighted by Gasteiger charge is -2.12. The molecule has 4 rings (SSSR count). The number of alkyl halides is 3. The molecule has 0 aliphatic heterocycles. The smallest absolute Gasteiger partial charge is 0.416 e. The number of ether oxygens (including phenoxy) is 1. The van der Waals surface area contributed by atoms with Crippen LogP contribution in [0.5, 0.6) is 5.75 Å². The van der Waals surface area contributed by atoms with Crippen LogP contribution in [0.3, 0.4) is 0 Å². The monoisotopic (exact) mass is 502 g/mol.